The van der Waals surface area contributed by atoms with Gasteiger partial charge in [-0.1, -0.05) is 0 Å². The molecule has 0 amide bonds. The van der Waals surface area contributed by atoms with Crippen molar-refractivity contribution < 1.29 is 0 Å². The Labute approximate surface area is 99.9 Å². The molecule has 0 unspecified atom stereocenters. The van der Waals surface area contributed by atoms with Gasteiger partial charge in [0.05, 0.1) is 6.54 Å². The molecule has 0 aliphatic heterocycles. The maximum Gasteiger partial charge on any atom is 0.131 e. The number of rotatable bonds is 3. The van der Waals surface area contributed by atoms with Crippen LogP contribution in [0.25, 0.3) is 0 Å². The van der Waals surface area contributed by atoms with Gasteiger partial charge in [-0.25, -0.2) is 15.0 Å². The van der Waals surface area contributed by atoms with Crippen LogP contribution < -0.4 is 5.32 Å². The second-order valence-electron chi connectivity index (χ2n) is 2.90. The SMILES string of the molecule is Cc1nc(Br)cc(NCc2nccs2)n1. The zero-order valence-corrected chi connectivity index (χ0v) is 10.5. The third-order valence-corrected chi connectivity index (χ3v) is 2.90. The van der Waals surface area contributed by atoms with Crippen molar-refractivity contribution in [3.63, 3.8) is 0 Å². The van der Waals surface area contributed by atoms with E-state index in [2.05, 4.69) is 36.2 Å². The Morgan fingerprint density at radius 3 is 3.00 bits per heavy atom. The first kappa shape index (κ1) is 10.5. The molecule has 2 aromatic heterocycles. The first-order valence-corrected chi connectivity index (χ1v) is 6.05. The van der Waals surface area contributed by atoms with Crippen LogP contribution in [0.2, 0.25) is 0 Å². The van der Waals surface area contributed by atoms with E-state index in [4.69, 9.17) is 0 Å². The van der Waals surface area contributed by atoms with Gasteiger partial charge in [0.15, 0.2) is 0 Å². The molecule has 2 rings (SSSR count). The molecule has 6 heteroatoms. The van der Waals surface area contributed by atoms with Crippen LogP contribution in [0.4, 0.5) is 5.82 Å². The zero-order valence-electron chi connectivity index (χ0n) is 8.07. The average molecular weight is 285 g/mol. The highest BCUT2D eigenvalue weighted by atomic mass is 79.9. The number of nitrogens with zero attached hydrogens (tertiary/aromatic N) is 3. The molecule has 0 spiro atoms. The van der Waals surface area contributed by atoms with Crippen molar-refractivity contribution in [3.8, 4) is 0 Å². The molecule has 0 atom stereocenters. The van der Waals surface area contributed by atoms with Crippen molar-refractivity contribution in [1.29, 1.82) is 0 Å². The summed E-state index contributed by atoms with van der Waals surface area (Å²) in [5.41, 5.74) is 0. The van der Waals surface area contributed by atoms with E-state index in [0.29, 0.717) is 6.54 Å². The van der Waals surface area contributed by atoms with Gasteiger partial charge in [0, 0.05) is 17.6 Å². The summed E-state index contributed by atoms with van der Waals surface area (Å²) in [7, 11) is 0. The van der Waals surface area contributed by atoms with E-state index in [1.807, 2.05) is 18.4 Å². The number of aryl methyl sites for hydroxylation is 1. The topological polar surface area (TPSA) is 50.7 Å². The number of thiazole rings is 1. The molecule has 78 valence electrons. The Hall–Kier alpha value is -1.01. The van der Waals surface area contributed by atoms with E-state index < -0.39 is 0 Å². The molecule has 2 heterocycles. The normalized spacial score (nSPS) is 10.3. The number of hydrogen-bond donors (Lipinski definition) is 1. The van der Waals surface area contributed by atoms with Crippen LogP contribution in [0.5, 0.6) is 0 Å². The summed E-state index contributed by atoms with van der Waals surface area (Å²) < 4.78 is 0.789. The molecule has 0 radical (unpaired) electrons. The Bertz CT molecular complexity index is 423. The van der Waals surface area contributed by atoms with Gasteiger partial charge in [-0.3, -0.25) is 0 Å². The summed E-state index contributed by atoms with van der Waals surface area (Å²) in [6.45, 7) is 2.56. The third kappa shape index (κ3) is 2.97. The van der Waals surface area contributed by atoms with E-state index in [9.17, 15) is 0 Å². The van der Waals surface area contributed by atoms with Gasteiger partial charge in [0.2, 0.25) is 0 Å². The summed E-state index contributed by atoms with van der Waals surface area (Å²) in [6, 6.07) is 1.85. The first-order chi connectivity index (χ1) is 7.24. The zero-order chi connectivity index (χ0) is 10.7. The molecule has 0 saturated heterocycles. The molecule has 1 N–H and O–H groups in total. The predicted molar refractivity (Wildman–Crippen MR) is 63.9 cm³/mol. The van der Waals surface area contributed by atoms with E-state index in [1.165, 1.54) is 0 Å². The minimum Gasteiger partial charge on any atom is -0.363 e. The quantitative estimate of drug-likeness (QED) is 0.881. The average Bonchev–Trinajstić information content (AvgIpc) is 2.65. The fraction of sp³-hybridized carbons (Fsp3) is 0.222. The third-order valence-electron chi connectivity index (χ3n) is 1.71. The highest BCUT2D eigenvalue weighted by Crippen LogP contribution is 2.13. The lowest BCUT2D eigenvalue weighted by Gasteiger charge is -2.04. The maximum absolute atomic E-state index is 4.26. The van der Waals surface area contributed by atoms with Gasteiger partial charge in [-0.05, 0) is 22.9 Å². The minimum absolute atomic E-state index is 0.695. The number of nitrogens with one attached hydrogen (secondary N) is 1. The summed E-state index contributed by atoms with van der Waals surface area (Å²) >= 11 is 4.95. The maximum atomic E-state index is 4.26. The lowest BCUT2D eigenvalue weighted by atomic mass is 10.5. The predicted octanol–water partition coefficient (Wildman–Crippen LogP) is 2.62. The largest absolute Gasteiger partial charge is 0.363 e. The second kappa shape index (κ2) is 4.67. The van der Waals surface area contributed by atoms with Crippen molar-refractivity contribution in [1.82, 2.24) is 15.0 Å². The highest BCUT2D eigenvalue weighted by molar-refractivity contribution is 9.10. The van der Waals surface area contributed by atoms with Gasteiger partial charge in [0.1, 0.15) is 21.3 Å². The Morgan fingerprint density at radius 2 is 2.33 bits per heavy atom. The van der Waals surface area contributed by atoms with Crippen LogP contribution in [-0.4, -0.2) is 15.0 Å². The van der Waals surface area contributed by atoms with Crippen LogP contribution in [0.3, 0.4) is 0 Å². The molecular weight excluding hydrogens is 276 g/mol. The smallest absolute Gasteiger partial charge is 0.131 e. The summed E-state index contributed by atoms with van der Waals surface area (Å²) in [5, 5.41) is 6.20. The molecule has 0 aromatic carbocycles. The molecule has 0 saturated carbocycles. The van der Waals surface area contributed by atoms with Crippen molar-refractivity contribution in [3.05, 3.63) is 33.1 Å². The number of aromatic nitrogens is 3. The van der Waals surface area contributed by atoms with Crippen molar-refractivity contribution in [2.45, 2.75) is 13.5 Å². The Kier molecular flexibility index (Phi) is 3.27. The lowest BCUT2D eigenvalue weighted by molar-refractivity contribution is 1.00. The fourth-order valence-corrected chi connectivity index (χ4v) is 2.16. The molecular formula is C9H9BrN4S. The second-order valence-corrected chi connectivity index (χ2v) is 4.69. The highest BCUT2D eigenvalue weighted by Gasteiger charge is 2.00. The summed E-state index contributed by atoms with van der Waals surface area (Å²) in [5.74, 6) is 1.55. The van der Waals surface area contributed by atoms with Crippen LogP contribution in [-0.2, 0) is 6.54 Å². The monoisotopic (exact) mass is 284 g/mol. The van der Waals surface area contributed by atoms with Crippen molar-refractivity contribution in [2.24, 2.45) is 0 Å². The van der Waals surface area contributed by atoms with E-state index >= 15 is 0 Å². The van der Waals surface area contributed by atoms with Gasteiger partial charge in [-0.2, -0.15) is 0 Å². The summed E-state index contributed by atoms with van der Waals surface area (Å²) in [6.07, 6.45) is 1.79. The molecule has 2 aromatic rings. The van der Waals surface area contributed by atoms with E-state index in [1.54, 1.807) is 17.5 Å². The van der Waals surface area contributed by atoms with Gasteiger partial charge >= 0.3 is 0 Å². The molecule has 0 bridgehead atoms. The summed E-state index contributed by atoms with van der Waals surface area (Å²) in [4.78, 5) is 12.6. The number of anilines is 1. The number of halogens is 1. The Morgan fingerprint density at radius 1 is 1.47 bits per heavy atom. The molecule has 15 heavy (non-hydrogen) atoms. The molecule has 0 aliphatic carbocycles. The van der Waals surface area contributed by atoms with Gasteiger partial charge in [-0.15, -0.1) is 11.3 Å². The van der Waals surface area contributed by atoms with Crippen molar-refractivity contribution >= 4 is 33.1 Å². The lowest BCUT2D eigenvalue weighted by Crippen LogP contribution is -2.02. The standard InChI is InChI=1S/C9H9BrN4S/c1-6-13-7(10)4-8(14-6)12-5-9-11-2-3-15-9/h2-4H,5H2,1H3,(H,12,13,14). The van der Waals surface area contributed by atoms with E-state index in [0.717, 1.165) is 21.3 Å². The van der Waals surface area contributed by atoms with E-state index in [-0.39, 0.29) is 0 Å². The Balaban J connectivity index is 2.05. The van der Waals surface area contributed by atoms with Gasteiger partial charge < -0.3 is 5.32 Å². The van der Waals surface area contributed by atoms with Crippen LogP contribution >= 0.6 is 27.3 Å². The molecule has 0 fully saturated rings. The first-order valence-electron chi connectivity index (χ1n) is 4.37. The van der Waals surface area contributed by atoms with Crippen LogP contribution in [0.15, 0.2) is 22.2 Å². The van der Waals surface area contributed by atoms with Crippen molar-refractivity contribution in [2.75, 3.05) is 5.32 Å². The van der Waals surface area contributed by atoms with Crippen LogP contribution in [0, 0.1) is 6.92 Å². The number of hydrogen-bond acceptors (Lipinski definition) is 5. The fourth-order valence-electron chi connectivity index (χ4n) is 1.13. The minimum atomic E-state index is 0.695. The van der Waals surface area contributed by atoms with Crippen LogP contribution in [0.1, 0.15) is 10.8 Å². The molecule has 4 nitrogen and oxygen atoms in total. The molecule has 0 aliphatic rings. The van der Waals surface area contributed by atoms with Gasteiger partial charge in [0.25, 0.3) is 0 Å².